The summed E-state index contributed by atoms with van der Waals surface area (Å²) in [6.45, 7) is -1.14. The molecular formula is C28H27F4N3O6. The van der Waals surface area contributed by atoms with Crippen LogP contribution in [0.2, 0.25) is 0 Å². The highest BCUT2D eigenvalue weighted by molar-refractivity contribution is 6.05. The van der Waals surface area contributed by atoms with Crippen molar-refractivity contribution in [2.45, 2.75) is 38.1 Å². The summed E-state index contributed by atoms with van der Waals surface area (Å²) in [5.74, 6) is -5.16. The topological polar surface area (TPSA) is 99.1 Å². The minimum atomic E-state index is -3.06. The molecular weight excluding hydrogens is 550 g/mol. The van der Waals surface area contributed by atoms with Crippen molar-refractivity contribution in [3.63, 3.8) is 0 Å². The number of benzene rings is 2. The highest BCUT2D eigenvalue weighted by Gasteiger charge is 2.50. The van der Waals surface area contributed by atoms with Crippen LogP contribution in [0.4, 0.5) is 23.2 Å². The van der Waals surface area contributed by atoms with Crippen LogP contribution in [-0.4, -0.2) is 55.9 Å². The van der Waals surface area contributed by atoms with E-state index in [9.17, 15) is 23.2 Å². The average Bonchev–Trinajstić information content (AvgIpc) is 3.16. The van der Waals surface area contributed by atoms with Crippen molar-refractivity contribution in [2.24, 2.45) is 0 Å². The second-order valence-corrected chi connectivity index (χ2v) is 9.22. The van der Waals surface area contributed by atoms with Gasteiger partial charge in [-0.25, -0.2) is 8.78 Å². The molecule has 1 aliphatic rings. The van der Waals surface area contributed by atoms with E-state index in [1.807, 2.05) is 0 Å². The van der Waals surface area contributed by atoms with Gasteiger partial charge in [-0.3, -0.25) is 14.4 Å². The number of carbonyl (C=O) groups is 2. The molecule has 1 aromatic heterocycles. The molecule has 2 amide bonds. The molecule has 9 nitrogen and oxygen atoms in total. The number of carbonyl (C=O) groups excluding carboxylic acids is 2. The van der Waals surface area contributed by atoms with Crippen molar-refractivity contribution < 1.29 is 41.4 Å². The van der Waals surface area contributed by atoms with E-state index in [4.69, 9.17) is 9.47 Å². The molecule has 0 saturated carbocycles. The normalized spacial score (nSPS) is 18.6. The molecule has 1 unspecified atom stereocenters. The number of anilines is 1. The molecule has 41 heavy (non-hydrogen) atoms. The van der Waals surface area contributed by atoms with Gasteiger partial charge >= 0.3 is 6.61 Å². The van der Waals surface area contributed by atoms with Gasteiger partial charge in [-0.15, -0.1) is 0 Å². The van der Waals surface area contributed by atoms with Crippen LogP contribution >= 0.6 is 0 Å². The SMILES string of the molecule is COCCn1cccc(N2C(=O)C(NC(=O)c3ccc(OC(F)F)cc3)[C@H](c3c(F)cc(OC)cc3F)[C@@H]2C)c1=O. The zero-order valence-electron chi connectivity index (χ0n) is 22.3. The number of aromatic nitrogens is 1. The number of hydrogen-bond acceptors (Lipinski definition) is 6. The maximum atomic E-state index is 15.3. The standard InChI is InChI=1S/C28H27F4N3O6/c1-15-22(23-19(29)13-18(40-3)14-20(23)30)24(33-25(36)16-6-8-17(9-7-16)41-28(31)32)27(38)35(15)21-5-4-10-34(26(21)37)11-12-39-2/h4-10,13-15,22,24,28H,11-12H2,1-3H3,(H,33,36)/t15-,22-,24?/m0/s1. The van der Waals surface area contributed by atoms with Crippen LogP contribution in [0.5, 0.6) is 11.5 Å². The molecule has 3 aromatic rings. The van der Waals surface area contributed by atoms with Crippen LogP contribution in [0.25, 0.3) is 0 Å². The van der Waals surface area contributed by atoms with Crippen molar-refractivity contribution in [1.82, 2.24) is 9.88 Å². The monoisotopic (exact) mass is 577 g/mol. The molecule has 2 aromatic carbocycles. The number of ether oxygens (including phenoxy) is 3. The summed E-state index contributed by atoms with van der Waals surface area (Å²) in [6.07, 6.45) is 1.51. The molecule has 13 heteroatoms. The fourth-order valence-corrected chi connectivity index (χ4v) is 4.92. The fourth-order valence-electron chi connectivity index (χ4n) is 4.92. The Bertz CT molecular complexity index is 1460. The van der Waals surface area contributed by atoms with E-state index < -0.39 is 59.2 Å². The maximum absolute atomic E-state index is 15.3. The summed E-state index contributed by atoms with van der Waals surface area (Å²) in [7, 11) is 2.71. The Balaban J connectivity index is 1.76. The Morgan fingerprint density at radius 1 is 1.02 bits per heavy atom. The van der Waals surface area contributed by atoms with Crippen LogP contribution in [0.1, 0.15) is 28.8 Å². The number of nitrogens with one attached hydrogen (secondary N) is 1. The van der Waals surface area contributed by atoms with Gasteiger partial charge in [0.1, 0.15) is 34.9 Å². The van der Waals surface area contributed by atoms with Crippen molar-refractivity contribution in [3.05, 3.63) is 87.8 Å². The lowest BCUT2D eigenvalue weighted by Crippen LogP contribution is -2.44. The number of pyridine rings is 1. The Morgan fingerprint density at radius 3 is 2.27 bits per heavy atom. The highest BCUT2D eigenvalue weighted by Crippen LogP contribution is 2.40. The van der Waals surface area contributed by atoms with Gasteiger partial charge in [0.15, 0.2) is 0 Å². The van der Waals surface area contributed by atoms with Gasteiger partial charge in [0.2, 0.25) is 0 Å². The first-order valence-corrected chi connectivity index (χ1v) is 12.5. The van der Waals surface area contributed by atoms with Gasteiger partial charge in [0, 0.05) is 55.1 Å². The van der Waals surface area contributed by atoms with Gasteiger partial charge in [-0.1, -0.05) is 0 Å². The van der Waals surface area contributed by atoms with Gasteiger partial charge in [-0.05, 0) is 43.3 Å². The largest absolute Gasteiger partial charge is 0.497 e. The number of hydrogen-bond donors (Lipinski definition) is 1. The number of nitrogens with zero attached hydrogens (tertiary/aromatic N) is 2. The Morgan fingerprint density at radius 2 is 1.68 bits per heavy atom. The van der Waals surface area contributed by atoms with Crippen molar-refractivity contribution in [1.29, 1.82) is 0 Å². The van der Waals surface area contributed by atoms with Crippen LogP contribution in [-0.2, 0) is 16.1 Å². The Hall–Kier alpha value is -4.39. The van der Waals surface area contributed by atoms with Gasteiger partial charge in [0.05, 0.1) is 13.7 Å². The average molecular weight is 578 g/mol. The van der Waals surface area contributed by atoms with Crippen LogP contribution in [0.3, 0.4) is 0 Å². The zero-order valence-corrected chi connectivity index (χ0v) is 22.3. The van der Waals surface area contributed by atoms with E-state index in [1.165, 1.54) is 50.1 Å². The molecule has 1 aliphatic heterocycles. The van der Waals surface area contributed by atoms with E-state index in [-0.39, 0.29) is 35.9 Å². The van der Waals surface area contributed by atoms with Crippen LogP contribution in [0, 0.1) is 11.6 Å². The molecule has 4 rings (SSSR count). The van der Waals surface area contributed by atoms with Gasteiger partial charge in [-0.2, -0.15) is 8.78 Å². The Labute approximate surface area is 232 Å². The van der Waals surface area contributed by atoms with Crippen molar-refractivity contribution in [3.8, 4) is 11.5 Å². The van der Waals surface area contributed by atoms with Crippen molar-refractivity contribution >= 4 is 17.5 Å². The molecule has 3 atom stereocenters. The first-order chi connectivity index (χ1) is 19.6. The molecule has 0 bridgehead atoms. The fraction of sp³-hybridized carbons (Fsp3) is 0.321. The highest BCUT2D eigenvalue weighted by atomic mass is 19.3. The molecule has 1 saturated heterocycles. The molecule has 2 heterocycles. The third-order valence-corrected chi connectivity index (χ3v) is 6.84. The van der Waals surface area contributed by atoms with E-state index in [1.54, 1.807) is 6.07 Å². The predicted molar refractivity (Wildman–Crippen MR) is 140 cm³/mol. The lowest BCUT2D eigenvalue weighted by atomic mass is 9.87. The third kappa shape index (κ3) is 6.04. The number of amides is 2. The minimum Gasteiger partial charge on any atom is -0.497 e. The number of methoxy groups -OCH3 is 2. The zero-order chi connectivity index (χ0) is 29.8. The van der Waals surface area contributed by atoms with Gasteiger partial charge in [0.25, 0.3) is 17.4 Å². The third-order valence-electron chi connectivity index (χ3n) is 6.84. The van der Waals surface area contributed by atoms with Crippen LogP contribution < -0.4 is 25.2 Å². The molecule has 0 radical (unpaired) electrons. The van der Waals surface area contributed by atoms with E-state index in [0.29, 0.717) is 0 Å². The maximum Gasteiger partial charge on any atom is 0.387 e. The lowest BCUT2D eigenvalue weighted by Gasteiger charge is -2.26. The number of rotatable bonds is 10. The summed E-state index contributed by atoms with van der Waals surface area (Å²) in [5.41, 5.74) is -1.09. The molecule has 1 N–H and O–H groups in total. The molecule has 218 valence electrons. The smallest absolute Gasteiger partial charge is 0.387 e. The second kappa shape index (κ2) is 12.4. The van der Waals surface area contributed by atoms with E-state index in [2.05, 4.69) is 10.1 Å². The summed E-state index contributed by atoms with van der Waals surface area (Å²) < 4.78 is 71.2. The minimum absolute atomic E-state index is 0.0263. The summed E-state index contributed by atoms with van der Waals surface area (Å²) >= 11 is 0. The predicted octanol–water partition coefficient (Wildman–Crippen LogP) is 3.70. The number of halogens is 4. The summed E-state index contributed by atoms with van der Waals surface area (Å²) in [5, 5.41) is 2.52. The first-order valence-electron chi connectivity index (χ1n) is 12.5. The van der Waals surface area contributed by atoms with E-state index >= 15 is 8.78 Å². The number of alkyl halides is 2. The Kier molecular flexibility index (Phi) is 8.96. The van der Waals surface area contributed by atoms with E-state index in [0.717, 1.165) is 29.2 Å². The molecule has 1 fully saturated rings. The second-order valence-electron chi connectivity index (χ2n) is 9.22. The van der Waals surface area contributed by atoms with Gasteiger partial charge < -0.3 is 29.0 Å². The molecule has 0 spiro atoms. The summed E-state index contributed by atoms with van der Waals surface area (Å²) in [6, 6.07) is 7.05. The quantitative estimate of drug-likeness (QED) is 0.369. The summed E-state index contributed by atoms with van der Waals surface area (Å²) in [4.78, 5) is 41.4. The lowest BCUT2D eigenvalue weighted by molar-refractivity contribution is -0.118. The van der Waals surface area contributed by atoms with Crippen molar-refractivity contribution in [2.75, 3.05) is 25.7 Å². The molecule has 0 aliphatic carbocycles. The first kappa shape index (κ1) is 29.6. The van der Waals surface area contributed by atoms with Crippen LogP contribution in [0.15, 0.2) is 59.5 Å².